The summed E-state index contributed by atoms with van der Waals surface area (Å²) in [5, 5.41) is 39.6. The number of amides is 1. The standard InChI is InChI=1S/C24H34F3N5O4/c1-14(2)17-11-18(20(34)12-19(17)33)21(28)32(22(29)23(35)30-13-24(25,26)27)16-5-3-15(4-6-16)31-7-9-36-10-8-31/h11-12,14-16,28-29,33-34H,3-10,13H2,1-2H3,(H,30,35). The molecule has 1 aromatic carbocycles. The Morgan fingerprint density at radius 2 is 1.75 bits per heavy atom. The summed E-state index contributed by atoms with van der Waals surface area (Å²) in [5.74, 6) is -3.15. The average Bonchev–Trinajstić information content (AvgIpc) is 2.82. The lowest BCUT2D eigenvalue weighted by molar-refractivity contribution is -0.135. The predicted octanol–water partition coefficient (Wildman–Crippen LogP) is 3.15. The molecule has 3 rings (SSSR count). The number of benzene rings is 1. The van der Waals surface area contributed by atoms with Crippen LogP contribution in [0.15, 0.2) is 12.1 Å². The van der Waals surface area contributed by atoms with Crippen LogP contribution in [-0.2, 0) is 9.53 Å². The van der Waals surface area contributed by atoms with Crippen molar-refractivity contribution in [1.29, 1.82) is 10.8 Å². The van der Waals surface area contributed by atoms with Crippen molar-refractivity contribution >= 4 is 17.6 Å². The first-order valence-electron chi connectivity index (χ1n) is 12.1. The molecule has 1 aromatic rings. The van der Waals surface area contributed by atoms with Crippen molar-refractivity contribution in [2.45, 2.75) is 63.7 Å². The summed E-state index contributed by atoms with van der Waals surface area (Å²) in [6.45, 7) is 4.96. The van der Waals surface area contributed by atoms with Crippen LogP contribution < -0.4 is 5.32 Å². The predicted molar refractivity (Wildman–Crippen MR) is 128 cm³/mol. The minimum absolute atomic E-state index is 0.0137. The highest BCUT2D eigenvalue weighted by molar-refractivity contribution is 6.40. The summed E-state index contributed by atoms with van der Waals surface area (Å²) >= 11 is 0. The molecular weight excluding hydrogens is 479 g/mol. The maximum Gasteiger partial charge on any atom is 0.405 e. The van der Waals surface area contributed by atoms with Gasteiger partial charge in [0.1, 0.15) is 23.9 Å². The van der Waals surface area contributed by atoms with Crippen molar-refractivity contribution in [3.05, 3.63) is 23.3 Å². The van der Waals surface area contributed by atoms with E-state index in [4.69, 9.17) is 15.6 Å². The molecule has 0 bridgehead atoms. The molecule has 12 heteroatoms. The normalized spacial score (nSPS) is 21.3. The van der Waals surface area contributed by atoms with Gasteiger partial charge in [-0.15, -0.1) is 0 Å². The van der Waals surface area contributed by atoms with Crippen LogP contribution in [0.3, 0.4) is 0 Å². The first-order valence-corrected chi connectivity index (χ1v) is 12.1. The van der Waals surface area contributed by atoms with Gasteiger partial charge in [0.2, 0.25) is 0 Å². The number of ether oxygens (including phenoxy) is 1. The Kier molecular flexibility index (Phi) is 8.83. The molecule has 0 atom stereocenters. The molecule has 0 spiro atoms. The zero-order valence-corrected chi connectivity index (χ0v) is 20.5. The number of rotatable bonds is 5. The fourth-order valence-corrected chi connectivity index (χ4v) is 4.85. The fraction of sp³-hybridized carbons (Fsp3) is 0.625. The maximum absolute atomic E-state index is 12.7. The highest BCUT2D eigenvalue weighted by Gasteiger charge is 2.37. The second-order valence-corrected chi connectivity index (χ2v) is 9.56. The van der Waals surface area contributed by atoms with E-state index in [-0.39, 0.29) is 29.1 Å². The molecule has 36 heavy (non-hydrogen) atoms. The zero-order valence-electron chi connectivity index (χ0n) is 20.5. The lowest BCUT2D eigenvalue weighted by Crippen LogP contribution is -2.54. The molecule has 1 saturated carbocycles. The second kappa shape index (κ2) is 11.5. The number of hydrogen-bond donors (Lipinski definition) is 5. The third kappa shape index (κ3) is 6.67. The number of nitrogens with one attached hydrogen (secondary N) is 3. The van der Waals surface area contributed by atoms with Gasteiger partial charge in [-0.3, -0.25) is 20.5 Å². The van der Waals surface area contributed by atoms with E-state index in [2.05, 4.69) is 4.90 Å². The second-order valence-electron chi connectivity index (χ2n) is 9.56. The molecule has 1 heterocycles. The molecule has 1 saturated heterocycles. The fourth-order valence-electron chi connectivity index (χ4n) is 4.85. The Hall–Kier alpha value is -2.86. The molecule has 2 aliphatic rings. The number of phenolic OH excluding ortho intramolecular Hbond substituents is 2. The highest BCUT2D eigenvalue weighted by atomic mass is 19.4. The van der Waals surface area contributed by atoms with Crippen molar-refractivity contribution in [2.75, 3.05) is 32.8 Å². The number of carbonyl (C=O) groups excluding carboxylic acids is 1. The molecule has 0 unspecified atom stereocenters. The topological polar surface area (TPSA) is 133 Å². The van der Waals surface area contributed by atoms with Crippen molar-refractivity contribution in [1.82, 2.24) is 15.1 Å². The summed E-state index contributed by atoms with van der Waals surface area (Å²) in [6, 6.07) is 2.31. The van der Waals surface area contributed by atoms with E-state index in [1.807, 2.05) is 13.8 Å². The number of morpholine rings is 1. The molecular formula is C24H34F3N5O4. The van der Waals surface area contributed by atoms with Gasteiger partial charge < -0.3 is 25.2 Å². The van der Waals surface area contributed by atoms with Crippen LogP contribution in [0.4, 0.5) is 13.2 Å². The van der Waals surface area contributed by atoms with E-state index in [1.54, 1.807) is 5.32 Å². The molecule has 0 radical (unpaired) electrons. The average molecular weight is 514 g/mol. The first kappa shape index (κ1) is 27.7. The van der Waals surface area contributed by atoms with Crippen LogP contribution in [0, 0.1) is 10.8 Å². The Morgan fingerprint density at radius 3 is 2.31 bits per heavy atom. The smallest absolute Gasteiger partial charge is 0.405 e. The summed E-state index contributed by atoms with van der Waals surface area (Å²) in [7, 11) is 0. The number of carbonyl (C=O) groups is 1. The van der Waals surface area contributed by atoms with Crippen molar-refractivity contribution in [2.24, 2.45) is 0 Å². The first-order chi connectivity index (χ1) is 16.9. The minimum atomic E-state index is -4.65. The Labute approximate surface area is 208 Å². The third-order valence-electron chi connectivity index (χ3n) is 6.76. The van der Waals surface area contributed by atoms with Crippen LogP contribution in [0.25, 0.3) is 0 Å². The number of hydrogen-bond acceptors (Lipinski definition) is 7. The van der Waals surface area contributed by atoms with Gasteiger partial charge >= 0.3 is 6.18 Å². The van der Waals surface area contributed by atoms with Crippen molar-refractivity contribution in [3.8, 4) is 11.5 Å². The summed E-state index contributed by atoms with van der Waals surface area (Å²) in [5.41, 5.74) is 0.441. The lowest BCUT2D eigenvalue weighted by Gasteiger charge is -2.42. The zero-order chi connectivity index (χ0) is 26.6. The van der Waals surface area contributed by atoms with Gasteiger partial charge in [-0.1, -0.05) is 13.8 Å². The molecule has 1 aliphatic carbocycles. The van der Waals surface area contributed by atoms with E-state index >= 15 is 0 Å². The highest BCUT2D eigenvalue weighted by Crippen LogP contribution is 2.35. The van der Waals surface area contributed by atoms with Crippen LogP contribution in [0.5, 0.6) is 11.5 Å². The molecule has 200 valence electrons. The quantitative estimate of drug-likeness (QED) is 0.304. The van der Waals surface area contributed by atoms with Gasteiger partial charge in [0.15, 0.2) is 5.84 Å². The van der Waals surface area contributed by atoms with E-state index in [0.29, 0.717) is 31.6 Å². The van der Waals surface area contributed by atoms with Gasteiger partial charge in [-0.05, 0) is 43.2 Å². The summed E-state index contributed by atoms with van der Waals surface area (Å²) in [6.07, 6.45) is -2.17. The number of nitrogens with zero attached hydrogens (tertiary/aromatic N) is 2. The van der Waals surface area contributed by atoms with Crippen LogP contribution in [0.1, 0.15) is 56.6 Å². The minimum Gasteiger partial charge on any atom is -0.508 e. The van der Waals surface area contributed by atoms with Crippen molar-refractivity contribution < 1.29 is 32.9 Å². The molecule has 2 fully saturated rings. The largest absolute Gasteiger partial charge is 0.508 e. The number of alkyl halides is 3. The van der Waals surface area contributed by atoms with Gasteiger partial charge in [0.25, 0.3) is 5.91 Å². The van der Waals surface area contributed by atoms with Crippen molar-refractivity contribution in [3.63, 3.8) is 0 Å². The molecule has 1 aliphatic heterocycles. The molecule has 0 aromatic heterocycles. The number of aromatic hydroxyl groups is 2. The van der Waals surface area contributed by atoms with Crippen LogP contribution in [0.2, 0.25) is 0 Å². The van der Waals surface area contributed by atoms with E-state index < -0.39 is 36.3 Å². The Bertz CT molecular complexity index is 971. The Morgan fingerprint density at radius 1 is 1.14 bits per heavy atom. The monoisotopic (exact) mass is 513 g/mol. The van der Waals surface area contributed by atoms with E-state index in [1.165, 1.54) is 6.07 Å². The van der Waals surface area contributed by atoms with Gasteiger partial charge in [-0.2, -0.15) is 13.2 Å². The molecule has 5 N–H and O–H groups in total. The lowest BCUT2D eigenvalue weighted by atomic mass is 9.88. The SMILES string of the molecule is CC(C)c1cc(C(=N)N(C(=N)C(=O)NCC(F)(F)F)C2CCC(N3CCOCC3)CC2)c(O)cc1O. The van der Waals surface area contributed by atoms with E-state index in [0.717, 1.165) is 36.9 Å². The van der Waals surface area contributed by atoms with E-state index in [9.17, 15) is 28.2 Å². The summed E-state index contributed by atoms with van der Waals surface area (Å²) in [4.78, 5) is 16.0. The molecule has 1 amide bonds. The van der Waals surface area contributed by atoms with Gasteiger partial charge in [-0.25, -0.2) is 0 Å². The van der Waals surface area contributed by atoms with Crippen LogP contribution >= 0.6 is 0 Å². The summed E-state index contributed by atoms with van der Waals surface area (Å²) < 4.78 is 43.4. The van der Waals surface area contributed by atoms with Crippen LogP contribution in [-0.4, -0.2) is 88.7 Å². The number of halogens is 3. The Balaban J connectivity index is 1.86. The third-order valence-corrected chi connectivity index (χ3v) is 6.76. The maximum atomic E-state index is 12.7. The number of phenols is 2. The van der Waals surface area contributed by atoms with Gasteiger partial charge in [0, 0.05) is 31.2 Å². The van der Waals surface area contributed by atoms with Gasteiger partial charge in [0.05, 0.1) is 18.8 Å². The molecule has 9 nitrogen and oxygen atoms in total. The number of amidine groups is 2.